The second-order valence-electron chi connectivity index (χ2n) is 3.34. The van der Waals surface area contributed by atoms with Crippen molar-refractivity contribution in [2.24, 2.45) is 5.73 Å². The molecule has 0 aliphatic rings. The number of ether oxygens (including phenoxy) is 2. The summed E-state index contributed by atoms with van der Waals surface area (Å²) in [5, 5.41) is 0. The van der Waals surface area contributed by atoms with Gasteiger partial charge in [-0.25, -0.2) is 0 Å². The third kappa shape index (κ3) is 6.58. The van der Waals surface area contributed by atoms with Crippen LogP contribution < -0.4 is 5.73 Å². The summed E-state index contributed by atoms with van der Waals surface area (Å²) in [6.07, 6.45) is 0.918. The summed E-state index contributed by atoms with van der Waals surface area (Å²) >= 11 is 0. The van der Waals surface area contributed by atoms with Crippen LogP contribution in [0.5, 0.6) is 0 Å². The molecular weight excluding hydrogens is 154 g/mol. The quantitative estimate of drug-likeness (QED) is 0.591. The van der Waals surface area contributed by atoms with E-state index in [4.69, 9.17) is 15.2 Å². The Bertz CT molecular complexity index is 105. The van der Waals surface area contributed by atoms with E-state index < -0.39 is 0 Å². The van der Waals surface area contributed by atoms with Crippen LogP contribution in [0.25, 0.3) is 0 Å². The molecule has 0 saturated heterocycles. The minimum Gasteiger partial charge on any atom is -0.380 e. The van der Waals surface area contributed by atoms with Crippen molar-refractivity contribution in [3.05, 3.63) is 0 Å². The third-order valence-corrected chi connectivity index (χ3v) is 1.65. The van der Waals surface area contributed by atoms with Crippen LogP contribution in [0.1, 0.15) is 27.2 Å². The average molecular weight is 175 g/mol. The van der Waals surface area contributed by atoms with Gasteiger partial charge in [-0.15, -0.1) is 0 Å². The highest BCUT2D eigenvalue weighted by Gasteiger charge is 2.16. The smallest absolute Gasteiger partial charge is 0.0648 e. The molecule has 0 saturated carbocycles. The highest BCUT2D eigenvalue weighted by Crippen LogP contribution is 2.13. The molecule has 3 heteroatoms. The van der Waals surface area contributed by atoms with Crippen LogP contribution in [0.4, 0.5) is 0 Å². The monoisotopic (exact) mass is 175 g/mol. The standard InChI is InChI=1S/C9H21NO2/c1-4-12-9(2,3)5-7-11-8-6-10/h4-8,10H2,1-3H3. The largest absolute Gasteiger partial charge is 0.380 e. The van der Waals surface area contributed by atoms with Crippen LogP contribution in [-0.2, 0) is 9.47 Å². The van der Waals surface area contributed by atoms with Crippen LogP contribution in [0.3, 0.4) is 0 Å². The maximum atomic E-state index is 5.50. The van der Waals surface area contributed by atoms with Gasteiger partial charge in [-0.2, -0.15) is 0 Å². The molecule has 3 nitrogen and oxygen atoms in total. The number of rotatable bonds is 7. The van der Waals surface area contributed by atoms with E-state index in [9.17, 15) is 0 Å². The summed E-state index contributed by atoms with van der Waals surface area (Å²) in [4.78, 5) is 0. The van der Waals surface area contributed by atoms with Crippen molar-refractivity contribution in [1.82, 2.24) is 0 Å². The molecule has 0 aromatic heterocycles. The van der Waals surface area contributed by atoms with Crippen LogP contribution >= 0.6 is 0 Å². The molecule has 0 fully saturated rings. The van der Waals surface area contributed by atoms with Gasteiger partial charge in [0.25, 0.3) is 0 Å². The lowest BCUT2D eigenvalue weighted by molar-refractivity contribution is -0.0341. The normalized spacial score (nSPS) is 12.0. The summed E-state index contributed by atoms with van der Waals surface area (Å²) in [7, 11) is 0. The molecule has 74 valence electrons. The van der Waals surface area contributed by atoms with E-state index >= 15 is 0 Å². The summed E-state index contributed by atoms with van der Waals surface area (Å²) in [5.74, 6) is 0. The van der Waals surface area contributed by atoms with Gasteiger partial charge in [0.2, 0.25) is 0 Å². The van der Waals surface area contributed by atoms with Crippen molar-refractivity contribution in [3.63, 3.8) is 0 Å². The Morgan fingerprint density at radius 1 is 1.25 bits per heavy atom. The van der Waals surface area contributed by atoms with Gasteiger partial charge in [0.05, 0.1) is 12.2 Å². The van der Waals surface area contributed by atoms with Gasteiger partial charge in [0.1, 0.15) is 0 Å². The Labute approximate surface area is 75.2 Å². The van der Waals surface area contributed by atoms with Gasteiger partial charge in [-0.1, -0.05) is 0 Å². The average Bonchev–Trinajstić information content (AvgIpc) is 1.98. The first-order valence-corrected chi connectivity index (χ1v) is 4.54. The molecular formula is C9H21NO2. The zero-order chi connectivity index (χ0) is 9.45. The van der Waals surface area contributed by atoms with Crippen molar-refractivity contribution in [1.29, 1.82) is 0 Å². The van der Waals surface area contributed by atoms with Gasteiger partial charge in [0, 0.05) is 19.8 Å². The molecule has 0 radical (unpaired) electrons. The fourth-order valence-corrected chi connectivity index (χ4v) is 0.966. The van der Waals surface area contributed by atoms with E-state index in [1.165, 1.54) is 0 Å². The molecule has 0 aliphatic carbocycles. The van der Waals surface area contributed by atoms with Crippen molar-refractivity contribution >= 4 is 0 Å². The van der Waals surface area contributed by atoms with E-state index in [0.717, 1.165) is 19.6 Å². The van der Waals surface area contributed by atoms with Crippen LogP contribution in [-0.4, -0.2) is 32.0 Å². The Morgan fingerprint density at radius 3 is 2.42 bits per heavy atom. The first-order valence-electron chi connectivity index (χ1n) is 4.54. The highest BCUT2D eigenvalue weighted by atomic mass is 16.5. The Morgan fingerprint density at radius 2 is 1.92 bits per heavy atom. The molecule has 0 rings (SSSR count). The van der Waals surface area contributed by atoms with Gasteiger partial charge in [0.15, 0.2) is 0 Å². The topological polar surface area (TPSA) is 44.5 Å². The van der Waals surface area contributed by atoms with E-state index in [1.54, 1.807) is 0 Å². The molecule has 12 heavy (non-hydrogen) atoms. The lowest BCUT2D eigenvalue weighted by Crippen LogP contribution is -2.26. The SMILES string of the molecule is CCOC(C)(C)CCOCCN. The summed E-state index contributed by atoms with van der Waals surface area (Å²) < 4.78 is 10.8. The number of hydrogen-bond donors (Lipinski definition) is 1. The summed E-state index contributed by atoms with van der Waals surface area (Å²) in [6, 6.07) is 0. The van der Waals surface area contributed by atoms with Gasteiger partial charge in [-0.3, -0.25) is 0 Å². The first-order chi connectivity index (χ1) is 5.62. The Hall–Kier alpha value is -0.120. The fraction of sp³-hybridized carbons (Fsp3) is 1.00. The van der Waals surface area contributed by atoms with Gasteiger partial charge < -0.3 is 15.2 Å². The van der Waals surface area contributed by atoms with Crippen LogP contribution in [0, 0.1) is 0 Å². The molecule has 0 aromatic carbocycles. The maximum absolute atomic E-state index is 5.50. The van der Waals surface area contributed by atoms with Crippen molar-refractivity contribution in [3.8, 4) is 0 Å². The van der Waals surface area contributed by atoms with Crippen LogP contribution in [0.2, 0.25) is 0 Å². The Balaban J connectivity index is 3.33. The molecule has 0 atom stereocenters. The first kappa shape index (κ1) is 11.9. The predicted octanol–water partition coefficient (Wildman–Crippen LogP) is 1.17. The number of hydrogen-bond acceptors (Lipinski definition) is 3. The van der Waals surface area contributed by atoms with E-state index in [-0.39, 0.29) is 5.60 Å². The van der Waals surface area contributed by atoms with E-state index in [2.05, 4.69) is 13.8 Å². The molecule has 0 heterocycles. The van der Waals surface area contributed by atoms with E-state index in [0.29, 0.717) is 13.2 Å². The van der Waals surface area contributed by atoms with Crippen molar-refractivity contribution in [2.75, 3.05) is 26.4 Å². The number of nitrogens with two attached hydrogens (primary N) is 1. The summed E-state index contributed by atoms with van der Waals surface area (Å²) in [6.45, 7) is 8.86. The predicted molar refractivity (Wildman–Crippen MR) is 50.2 cm³/mol. The summed E-state index contributed by atoms with van der Waals surface area (Å²) in [5.41, 5.74) is 5.21. The lowest BCUT2D eigenvalue weighted by Gasteiger charge is -2.24. The van der Waals surface area contributed by atoms with Gasteiger partial charge in [-0.05, 0) is 27.2 Å². The molecule has 0 amide bonds. The lowest BCUT2D eigenvalue weighted by atomic mass is 10.1. The zero-order valence-electron chi connectivity index (χ0n) is 8.43. The second-order valence-corrected chi connectivity index (χ2v) is 3.34. The minimum atomic E-state index is -0.0661. The van der Waals surface area contributed by atoms with Crippen LogP contribution in [0.15, 0.2) is 0 Å². The molecule has 0 aliphatic heterocycles. The Kier molecular flexibility index (Phi) is 6.34. The van der Waals surface area contributed by atoms with Gasteiger partial charge >= 0.3 is 0 Å². The molecule has 0 unspecified atom stereocenters. The molecule has 0 aromatic rings. The second kappa shape index (κ2) is 6.40. The molecule has 0 spiro atoms. The molecule has 2 N–H and O–H groups in total. The third-order valence-electron chi connectivity index (χ3n) is 1.65. The minimum absolute atomic E-state index is 0.0661. The van der Waals surface area contributed by atoms with Crippen molar-refractivity contribution in [2.45, 2.75) is 32.8 Å². The molecule has 0 bridgehead atoms. The fourth-order valence-electron chi connectivity index (χ4n) is 0.966. The van der Waals surface area contributed by atoms with E-state index in [1.807, 2.05) is 6.92 Å². The zero-order valence-corrected chi connectivity index (χ0v) is 8.43. The highest BCUT2D eigenvalue weighted by molar-refractivity contribution is 4.67. The maximum Gasteiger partial charge on any atom is 0.0648 e. The van der Waals surface area contributed by atoms with Crippen molar-refractivity contribution < 1.29 is 9.47 Å².